The van der Waals surface area contributed by atoms with Gasteiger partial charge in [-0.3, -0.25) is 10.1 Å². The van der Waals surface area contributed by atoms with Gasteiger partial charge in [-0.25, -0.2) is 4.98 Å². The molecule has 1 aromatic heterocycles. The first-order chi connectivity index (χ1) is 8.54. The Morgan fingerprint density at radius 2 is 2.28 bits per heavy atom. The lowest BCUT2D eigenvalue weighted by Crippen LogP contribution is -1.95. The van der Waals surface area contributed by atoms with Crippen LogP contribution in [0.25, 0.3) is 0 Å². The minimum Gasteiger partial charge on any atom is -0.488 e. The van der Waals surface area contributed by atoms with Gasteiger partial charge in [0, 0.05) is 16.7 Å². The maximum Gasteiger partial charge on any atom is 0.274 e. The maximum atomic E-state index is 10.7. The summed E-state index contributed by atoms with van der Waals surface area (Å²) in [5.74, 6) is 0.417. The Morgan fingerprint density at radius 1 is 1.50 bits per heavy atom. The Bertz CT molecular complexity index is 590. The highest BCUT2D eigenvalue weighted by Crippen LogP contribution is 2.27. The lowest BCUT2D eigenvalue weighted by atomic mass is 10.3. The van der Waals surface area contributed by atoms with Gasteiger partial charge in [0.05, 0.1) is 15.9 Å². The Kier molecular flexibility index (Phi) is 4.15. The van der Waals surface area contributed by atoms with Crippen LogP contribution in [0.4, 0.5) is 5.69 Å². The average Bonchev–Trinajstić information content (AvgIpc) is 2.72. The van der Waals surface area contributed by atoms with Gasteiger partial charge in [-0.1, -0.05) is 27.5 Å². The molecule has 94 valence electrons. The number of non-ortho nitro benzene ring substituents is 1. The van der Waals surface area contributed by atoms with Crippen LogP contribution >= 0.6 is 38.9 Å². The van der Waals surface area contributed by atoms with Crippen molar-refractivity contribution >= 4 is 44.6 Å². The van der Waals surface area contributed by atoms with Crippen molar-refractivity contribution < 1.29 is 9.66 Å². The Balaban J connectivity index is 2.11. The van der Waals surface area contributed by atoms with Crippen LogP contribution in [0, 0.1) is 10.1 Å². The zero-order valence-electron chi connectivity index (χ0n) is 8.80. The van der Waals surface area contributed by atoms with Crippen LogP contribution in [-0.4, -0.2) is 9.91 Å². The highest BCUT2D eigenvalue weighted by Gasteiger charge is 2.10. The molecule has 0 aliphatic rings. The van der Waals surface area contributed by atoms with Crippen molar-refractivity contribution in [3.8, 4) is 5.75 Å². The third kappa shape index (κ3) is 3.41. The zero-order chi connectivity index (χ0) is 13.1. The van der Waals surface area contributed by atoms with Crippen LogP contribution in [0.3, 0.4) is 0 Å². The standard InChI is InChI=1S/C10H6BrClN2O3S/c11-6-1-7(14(15)16)3-8(2-6)17-5-9-4-13-10(12)18-9/h1-4H,5H2. The van der Waals surface area contributed by atoms with E-state index >= 15 is 0 Å². The lowest BCUT2D eigenvalue weighted by molar-refractivity contribution is -0.385. The summed E-state index contributed by atoms with van der Waals surface area (Å²) in [5.41, 5.74) is -0.0262. The van der Waals surface area contributed by atoms with Crippen molar-refractivity contribution in [1.82, 2.24) is 4.98 Å². The molecule has 18 heavy (non-hydrogen) atoms. The van der Waals surface area contributed by atoms with Crippen molar-refractivity contribution in [3.05, 3.63) is 48.3 Å². The van der Waals surface area contributed by atoms with Gasteiger partial charge in [-0.2, -0.15) is 0 Å². The van der Waals surface area contributed by atoms with E-state index in [0.717, 1.165) is 4.88 Å². The van der Waals surface area contributed by atoms with Crippen LogP contribution < -0.4 is 4.74 Å². The molecule has 0 saturated heterocycles. The third-order valence-corrected chi connectivity index (χ3v) is 3.52. The molecule has 0 saturated carbocycles. The fourth-order valence-corrected chi connectivity index (χ4v) is 2.59. The molecule has 0 amide bonds. The topological polar surface area (TPSA) is 65.3 Å². The molecular formula is C10H6BrClN2O3S. The summed E-state index contributed by atoms with van der Waals surface area (Å²) in [5, 5.41) is 10.7. The van der Waals surface area contributed by atoms with Gasteiger partial charge < -0.3 is 4.74 Å². The summed E-state index contributed by atoms with van der Waals surface area (Å²) >= 11 is 10.2. The van der Waals surface area contributed by atoms with E-state index in [2.05, 4.69) is 20.9 Å². The molecule has 8 heteroatoms. The van der Waals surface area contributed by atoms with Crippen molar-refractivity contribution in [3.63, 3.8) is 0 Å². The van der Waals surface area contributed by atoms with Gasteiger partial charge in [0.1, 0.15) is 12.4 Å². The van der Waals surface area contributed by atoms with E-state index in [0.29, 0.717) is 14.7 Å². The molecule has 0 fully saturated rings. The number of benzene rings is 1. The van der Waals surface area contributed by atoms with Crippen LogP contribution in [-0.2, 0) is 6.61 Å². The number of thiazole rings is 1. The summed E-state index contributed by atoms with van der Waals surface area (Å²) in [6.45, 7) is 0.276. The second-order valence-electron chi connectivity index (χ2n) is 3.27. The highest BCUT2D eigenvalue weighted by molar-refractivity contribution is 9.10. The molecule has 1 aromatic carbocycles. The predicted molar refractivity (Wildman–Crippen MR) is 72.3 cm³/mol. The monoisotopic (exact) mass is 348 g/mol. The molecule has 5 nitrogen and oxygen atoms in total. The number of nitrogens with zero attached hydrogens (tertiary/aromatic N) is 2. The first kappa shape index (κ1) is 13.3. The second kappa shape index (κ2) is 5.64. The van der Waals surface area contributed by atoms with Gasteiger partial charge in [0.2, 0.25) is 0 Å². The maximum absolute atomic E-state index is 10.7. The molecule has 0 unspecified atom stereocenters. The first-order valence-electron chi connectivity index (χ1n) is 4.72. The fraction of sp³-hybridized carbons (Fsp3) is 0.100. The summed E-state index contributed by atoms with van der Waals surface area (Å²) < 4.78 is 6.48. The predicted octanol–water partition coefficient (Wildman–Crippen LogP) is 4.05. The molecule has 0 aliphatic carbocycles. The Hall–Kier alpha value is -1.18. The van der Waals surface area contributed by atoms with Crippen molar-refractivity contribution in [2.75, 3.05) is 0 Å². The summed E-state index contributed by atoms with van der Waals surface area (Å²) in [7, 11) is 0. The number of halogens is 2. The van der Waals surface area contributed by atoms with Gasteiger partial charge in [0.15, 0.2) is 4.47 Å². The molecule has 2 aromatic rings. The molecule has 2 rings (SSSR count). The molecule has 0 aliphatic heterocycles. The molecule has 0 radical (unpaired) electrons. The van der Waals surface area contributed by atoms with Gasteiger partial charge >= 0.3 is 0 Å². The quantitative estimate of drug-likeness (QED) is 0.617. The van der Waals surface area contributed by atoms with E-state index in [1.54, 1.807) is 12.3 Å². The third-order valence-electron chi connectivity index (χ3n) is 1.97. The number of aromatic nitrogens is 1. The van der Waals surface area contributed by atoms with E-state index in [9.17, 15) is 10.1 Å². The Labute approximate surface area is 120 Å². The first-order valence-corrected chi connectivity index (χ1v) is 6.71. The van der Waals surface area contributed by atoms with Crippen LogP contribution in [0.5, 0.6) is 5.75 Å². The average molecular weight is 350 g/mol. The number of hydrogen-bond donors (Lipinski definition) is 0. The summed E-state index contributed by atoms with van der Waals surface area (Å²) in [6.07, 6.45) is 1.61. The molecule has 0 N–H and O–H groups in total. The molecule has 0 atom stereocenters. The molecule has 0 spiro atoms. The van der Waals surface area contributed by atoms with Gasteiger partial charge in [-0.15, -0.1) is 11.3 Å². The van der Waals surface area contributed by atoms with Crippen LogP contribution in [0.15, 0.2) is 28.9 Å². The van der Waals surface area contributed by atoms with E-state index in [1.807, 2.05) is 0 Å². The van der Waals surface area contributed by atoms with E-state index in [1.165, 1.54) is 23.5 Å². The minimum absolute atomic E-state index is 0.0262. The van der Waals surface area contributed by atoms with Crippen LogP contribution in [0.2, 0.25) is 4.47 Å². The number of rotatable bonds is 4. The van der Waals surface area contributed by atoms with Crippen molar-refractivity contribution in [2.45, 2.75) is 6.61 Å². The van der Waals surface area contributed by atoms with Crippen molar-refractivity contribution in [2.24, 2.45) is 0 Å². The number of hydrogen-bond acceptors (Lipinski definition) is 5. The SMILES string of the molecule is O=[N+]([O-])c1cc(Br)cc(OCc2cnc(Cl)s2)c1. The number of nitro groups is 1. The number of nitro benzene ring substituents is 1. The highest BCUT2D eigenvalue weighted by atomic mass is 79.9. The Morgan fingerprint density at radius 3 is 2.89 bits per heavy atom. The zero-order valence-corrected chi connectivity index (χ0v) is 12.0. The fourth-order valence-electron chi connectivity index (χ4n) is 1.24. The second-order valence-corrected chi connectivity index (χ2v) is 5.88. The largest absolute Gasteiger partial charge is 0.488 e. The van der Waals surface area contributed by atoms with Crippen LogP contribution in [0.1, 0.15) is 4.88 Å². The molecular weight excluding hydrogens is 344 g/mol. The molecule has 1 heterocycles. The van der Waals surface area contributed by atoms with Crippen molar-refractivity contribution in [1.29, 1.82) is 0 Å². The van der Waals surface area contributed by atoms with Gasteiger partial charge in [-0.05, 0) is 6.07 Å². The smallest absolute Gasteiger partial charge is 0.274 e. The number of ether oxygens (including phenoxy) is 1. The van der Waals surface area contributed by atoms with E-state index in [4.69, 9.17) is 16.3 Å². The van der Waals surface area contributed by atoms with Gasteiger partial charge in [0.25, 0.3) is 5.69 Å². The molecule has 0 bridgehead atoms. The lowest BCUT2D eigenvalue weighted by Gasteiger charge is -2.04. The summed E-state index contributed by atoms with van der Waals surface area (Å²) in [6, 6.07) is 4.44. The summed E-state index contributed by atoms with van der Waals surface area (Å²) in [4.78, 5) is 14.9. The minimum atomic E-state index is -0.471. The van der Waals surface area contributed by atoms with E-state index in [-0.39, 0.29) is 12.3 Å². The van der Waals surface area contributed by atoms with E-state index < -0.39 is 4.92 Å². The normalized spacial score (nSPS) is 10.3.